The first-order chi connectivity index (χ1) is 10.6. The summed E-state index contributed by atoms with van der Waals surface area (Å²) in [6, 6.07) is 8.30. The molecular formula is C15H20ClN5O2. The monoisotopic (exact) mass is 337 g/mol. The number of anilines is 2. The predicted molar refractivity (Wildman–Crippen MR) is 91.6 cm³/mol. The van der Waals surface area contributed by atoms with Crippen LogP contribution in [0.4, 0.5) is 11.4 Å². The van der Waals surface area contributed by atoms with Gasteiger partial charge in [0.05, 0.1) is 0 Å². The standard InChI is InChI=1S/C15H19N5O2.ClH/c1-11(20-9-3-8-17-20)15(22)19-13-5-2-4-12(10-13)18-14(21)6-7-16;/h2-5,8-11H,6-7,16H2,1H3,(H,18,21)(H,19,22);1H. The zero-order valence-electron chi connectivity index (χ0n) is 12.7. The van der Waals surface area contributed by atoms with E-state index in [-0.39, 0.29) is 30.6 Å². The number of amides is 2. The molecule has 0 radical (unpaired) electrons. The second-order valence-corrected chi connectivity index (χ2v) is 4.82. The number of nitrogens with one attached hydrogen (secondary N) is 2. The summed E-state index contributed by atoms with van der Waals surface area (Å²) in [7, 11) is 0. The van der Waals surface area contributed by atoms with Crippen LogP contribution in [0.2, 0.25) is 0 Å². The quantitative estimate of drug-likeness (QED) is 0.747. The number of carbonyl (C=O) groups excluding carboxylic acids is 2. The lowest BCUT2D eigenvalue weighted by Crippen LogP contribution is -2.24. The average molecular weight is 338 g/mol. The number of halogens is 1. The van der Waals surface area contributed by atoms with Crippen molar-refractivity contribution in [3.63, 3.8) is 0 Å². The minimum absolute atomic E-state index is 0. The van der Waals surface area contributed by atoms with Crippen LogP contribution < -0.4 is 16.4 Å². The molecule has 0 aliphatic rings. The Morgan fingerprint density at radius 1 is 1.26 bits per heavy atom. The van der Waals surface area contributed by atoms with Gasteiger partial charge in [-0.05, 0) is 31.2 Å². The lowest BCUT2D eigenvalue weighted by Gasteiger charge is -2.13. The lowest BCUT2D eigenvalue weighted by atomic mass is 10.2. The Labute approximate surface area is 140 Å². The van der Waals surface area contributed by atoms with Gasteiger partial charge in [0.25, 0.3) is 0 Å². The van der Waals surface area contributed by atoms with Gasteiger partial charge < -0.3 is 16.4 Å². The van der Waals surface area contributed by atoms with Gasteiger partial charge in [0.1, 0.15) is 6.04 Å². The molecule has 1 aromatic heterocycles. The van der Waals surface area contributed by atoms with Gasteiger partial charge in [0.2, 0.25) is 11.8 Å². The van der Waals surface area contributed by atoms with Gasteiger partial charge in [-0.3, -0.25) is 14.3 Å². The zero-order chi connectivity index (χ0) is 15.9. The van der Waals surface area contributed by atoms with Gasteiger partial charge in [-0.25, -0.2) is 0 Å². The van der Waals surface area contributed by atoms with Crippen molar-refractivity contribution in [3.05, 3.63) is 42.7 Å². The lowest BCUT2D eigenvalue weighted by molar-refractivity contribution is -0.119. The van der Waals surface area contributed by atoms with Crippen LogP contribution in [0.15, 0.2) is 42.7 Å². The Kier molecular flexibility index (Phi) is 7.24. The zero-order valence-corrected chi connectivity index (χ0v) is 13.5. The van der Waals surface area contributed by atoms with E-state index in [0.29, 0.717) is 17.9 Å². The van der Waals surface area contributed by atoms with Crippen molar-refractivity contribution >= 4 is 35.6 Å². The molecule has 0 fully saturated rings. The first kappa shape index (κ1) is 18.7. The number of nitrogens with two attached hydrogens (primary N) is 1. The summed E-state index contributed by atoms with van der Waals surface area (Å²) < 4.78 is 1.57. The molecule has 0 aliphatic carbocycles. The summed E-state index contributed by atoms with van der Waals surface area (Å²) >= 11 is 0. The maximum Gasteiger partial charge on any atom is 0.248 e. The second kappa shape index (κ2) is 8.92. The topological polar surface area (TPSA) is 102 Å². The fraction of sp³-hybridized carbons (Fsp3) is 0.267. The molecule has 2 amide bonds. The van der Waals surface area contributed by atoms with E-state index in [4.69, 9.17) is 5.73 Å². The smallest absolute Gasteiger partial charge is 0.248 e. The fourth-order valence-corrected chi connectivity index (χ4v) is 1.91. The number of hydrogen-bond donors (Lipinski definition) is 3. The Bertz CT molecular complexity index is 645. The van der Waals surface area contributed by atoms with Crippen molar-refractivity contribution in [1.82, 2.24) is 9.78 Å². The largest absolute Gasteiger partial charge is 0.330 e. The van der Waals surface area contributed by atoms with E-state index in [1.54, 1.807) is 54.3 Å². The molecule has 0 saturated heterocycles. The van der Waals surface area contributed by atoms with Crippen LogP contribution in [0, 0.1) is 0 Å². The first-order valence-corrected chi connectivity index (χ1v) is 7.00. The second-order valence-electron chi connectivity index (χ2n) is 4.82. The van der Waals surface area contributed by atoms with E-state index >= 15 is 0 Å². The van der Waals surface area contributed by atoms with Crippen LogP contribution in [-0.2, 0) is 9.59 Å². The molecule has 2 rings (SSSR count). The first-order valence-electron chi connectivity index (χ1n) is 7.00. The molecule has 2 aromatic rings. The summed E-state index contributed by atoms with van der Waals surface area (Å²) in [6.07, 6.45) is 3.61. The molecule has 0 spiro atoms. The SMILES string of the molecule is CC(C(=O)Nc1cccc(NC(=O)CCN)c1)n1cccn1.Cl. The van der Waals surface area contributed by atoms with Gasteiger partial charge in [-0.15, -0.1) is 12.4 Å². The van der Waals surface area contributed by atoms with Crippen LogP contribution in [-0.4, -0.2) is 28.1 Å². The van der Waals surface area contributed by atoms with Crippen molar-refractivity contribution in [2.24, 2.45) is 5.73 Å². The Morgan fingerprint density at radius 2 is 1.96 bits per heavy atom. The number of hydrogen-bond acceptors (Lipinski definition) is 4. The van der Waals surface area contributed by atoms with Crippen LogP contribution in [0.1, 0.15) is 19.4 Å². The molecule has 1 unspecified atom stereocenters. The molecule has 7 nitrogen and oxygen atoms in total. The molecule has 0 bridgehead atoms. The molecule has 23 heavy (non-hydrogen) atoms. The van der Waals surface area contributed by atoms with E-state index in [9.17, 15) is 9.59 Å². The summed E-state index contributed by atoms with van der Waals surface area (Å²) in [5, 5.41) is 9.57. The fourth-order valence-electron chi connectivity index (χ4n) is 1.91. The molecule has 1 atom stereocenters. The molecule has 1 aromatic carbocycles. The average Bonchev–Trinajstić information content (AvgIpc) is 3.01. The van der Waals surface area contributed by atoms with Crippen LogP contribution in [0.25, 0.3) is 0 Å². The van der Waals surface area contributed by atoms with E-state index in [1.807, 2.05) is 0 Å². The third-order valence-corrected chi connectivity index (χ3v) is 3.09. The van der Waals surface area contributed by atoms with Gasteiger partial charge >= 0.3 is 0 Å². The van der Waals surface area contributed by atoms with Gasteiger partial charge in [-0.1, -0.05) is 6.07 Å². The van der Waals surface area contributed by atoms with Crippen molar-refractivity contribution in [2.75, 3.05) is 17.2 Å². The van der Waals surface area contributed by atoms with Crippen molar-refractivity contribution in [2.45, 2.75) is 19.4 Å². The number of rotatable bonds is 6. The third kappa shape index (κ3) is 5.39. The summed E-state index contributed by atoms with van der Waals surface area (Å²) in [5.41, 5.74) is 6.55. The molecule has 0 saturated carbocycles. The summed E-state index contributed by atoms with van der Waals surface area (Å²) in [5.74, 6) is -0.343. The van der Waals surface area contributed by atoms with Gasteiger partial charge in [0.15, 0.2) is 0 Å². The van der Waals surface area contributed by atoms with Crippen LogP contribution in [0.3, 0.4) is 0 Å². The Balaban J connectivity index is 0.00000264. The normalized spacial score (nSPS) is 11.2. The molecule has 0 aliphatic heterocycles. The minimum atomic E-state index is -0.425. The highest BCUT2D eigenvalue weighted by Gasteiger charge is 2.15. The highest BCUT2D eigenvalue weighted by molar-refractivity contribution is 5.95. The molecule has 124 valence electrons. The van der Waals surface area contributed by atoms with Gasteiger partial charge in [-0.2, -0.15) is 5.10 Å². The highest BCUT2D eigenvalue weighted by Crippen LogP contribution is 2.17. The number of nitrogens with zero attached hydrogens (tertiary/aromatic N) is 2. The van der Waals surface area contributed by atoms with Crippen molar-refractivity contribution in [3.8, 4) is 0 Å². The maximum atomic E-state index is 12.2. The molecule has 1 heterocycles. The molecular weight excluding hydrogens is 318 g/mol. The van der Waals surface area contributed by atoms with Crippen molar-refractivity contribution in [1.29, 1.82) is 0 Å². The molecule has 8 heteroatoms. The van der Waals surface area contributed by atoms with E-state index < -0.39 is 6.04 Å². The van der Waals surface area contributed by atoms with Crippen molar-refractivity contribution < 1.29 is 9.59 Å². The highest BCUT2D eigenvalue weighted by atomic mass is 35.5. The number of aromatic nitrogens is 2. The predicted octanol–water partition coefficient (Wildman–Crippen LogP) is 1.79. The van der Waals surface area contributed by atoms with Crippen LogP contribution >= 0.6 is 12.4 Å². The molecule has 4 N–H and O–H groups in total. The van der Waals surface area contributed by atoms with E-state index in [2.05, 4.69) is 15.7 Å². The maximum absolute atomic E-state index is 12.2. The third-order valence-electron chi connectivity index (χ3n) is 3.09. The van der Waals surface area contributed by atoms with E-state index in [1.165, 1.54) is 0 Å². The summed E-state index contributed by atoms with van der Waals surface area (Å²) in [4.78, 5) is 23.7. The number of carbonyl (C=O) groups is 2. The minimum Gasteiger partial charge on any atom is -0.330 e. The summed E-state index contributed by atoms with van der Waals surface area (Å²) in [6.45, 7) is 2.05. The number of benzene rings is 1. The van der Waals surface area contributed by atoms with Crippen LogP contribution in [0.5, 0.6) is 0 Å². The van der Waals surface area contributed by atoms with E-state index in [0.717, 1.165) is 0 Å². The Morgan fingerprint density at radius 3 is 2.57 bits per heavy atom. The van der Waals surface area contributed by atoms with Gasteiger partial charge in [0, 0.05) is 36.7 Å². The Hall–Kier alpha value is -2.38.